The first kappa shape index (κ1) is 40.5. The van der Waals surface area contributed by atoms with Crippen LogP contribution in [0, 0.1) is 5.92 Å². The van der Waals surface area contributed by atoms with Crippen molar-refractivity contribution in [1.29, 1.82) is 0 Å². The second-order valence-corrected chi connectivity index (χ2v) is 17.0. The molecule has 3 atom stereocenters. The summed E-state index contributed by atoms with van der Waals surface area (Å²) in [5.74, 6) is -5.94. The van der Waals surface area contributed by atoms with Crippen molar-refractivity contribution in [3.05, 3.63) is 47.8 Å². The molecule has 1 aromatic heterocycles. The van der Waals surface area contributed by atoms with E-state index in [4.69, 9.17) is 16.2 Å². The predicted molar refractivity (Wildman–Crippen MR) is 192 cm³/mol. The van der Waals surface area contributed by atoms with E-state index in [0.717, 1.165) is 32.1 Å². The lowest BCUT2D eigenvalue weighted by molar-refractivity contribution is -0.147. The summed E-state index contributed by atoms with van der Waals surface area (Å²) in [5, 5.41) is 20.9. The number of hydrogen-bond donors (Lipinski definition) is 5. The monoisotopic (exact) mass is 771 g/mol. The number of nitrogens with two attached hydrogens (primary N) is 2. The SMILES string of the molecule is CC(C)(O)c1ccnn1[C@H]1C[C@@H](C(=O)NC2(C(=O)C(N)=O)CCOCC2)N(C(=O)[C@@H](CC2CCCCC2)NC(=O)c2ccc(S(=O)(=O)CC(N)=O)cc2)C1. The van der Waals surface area contributed by atoms with E-state index in [1.165, 1.54) is 35.4 Å². The number of ketones is 1. The minimum absolute atomic E-state index is 0.00437. The van der Waals surface area contributed by atoms with Crippen LogP contribution in [-0.2, 0) is 44.1 Å². The summed E-state index contributed by atoms with van der Waals surface area (Å²) in [7, 11) is -4.03. The average molecular weight is 772 g/mol. The molecule has 54 heavy (non-hydrogen) atoms. The molecule has 294 valence electrons. The highest BCUT2D eigenvalue weighted by molar-refractivity contribution is 7.92. The van der Waals surface area contributed by atoms with E-state index < -0.39 is 80.2 Å². The van der Waals surface area contributed by atoms with Crippen LogP contribution in [0.2, 0.25) is 0 Å². The largest absolute Gasteiger partial charge is 0.384 e. The molecule has 18 heteroatoms. The van der Waals surface area contributed by atoms with Gasteiger partial charge in [-0.15, -0.1) is 0 Å². The lowest BCUT2D eigenvalue weighted by Gasteiger charge is -2.37. The van der Waals surface area contributed by atoms with Crippen molar-refractivity contribution >= 4 is 45.2 Å². The standard InChI is InChI=1S/C36H49N7O10S/c1-35(2,50)28-12-15-39-43(28)24-19-27(33(48)41-36(30(45)31(38)46)13-16-53-17-14-36)42(20-24)34(49)26(18-22-6-4-3-5-7-22)40-32(47)23-8-10-25(11-9-23)54(51,52)21-29(37)44/h8-12,15,22,24,26-27,50H,3-7,13-14,16-21H2,1-2H3,(H2,37,44)(H2,38,46)(H,40,47)(H,41,48)/t24-,26+,27-/m0/s1. The summed E-state index contributed by atoms with van der Waals surface area (Å²) in [6, 6.07) is 3.66. The lowest BCUT2D eigenvalue weighted by Crippen LogP contribution is -2.64. The number of Topliss-reactive ketones (excluding diaryl/α,β-unsaturated/α-hetero) is 1. The Balaban J connectivity index is 1.47. The van der Waals surface area contributed by atoms with Crippen LogP contribution in [0.25, 0.3) is 0 Å². The molecular weight excluding hydrogens is 723 g/mol. The number of amides is 5. The van der Waals surface area contributed by atoms with E-state index in [2.05, 4.69) is 15.7 Å². The second kappa shape index (κ2) is 16.4. The van der Waals surface area contributed by atoms with Crippen LogP contribution < -0.4 is 22.1 Å². The first-order valence-corrected chi connectivity index (χ1v) is 19.8. The Kier molecular flexibility index (Phi) is 12.3. The fourth-order valence-corrected chi connectivity index (χ4v) is 8.85. The number of sulfone groups is 1. The minimum Gasteiger partial charge on any atom is -0.384 e. The van der Waals surface area contributed by atoms with Gasteiger partial charge in [-0.3, -0.25) is 33.4 Å². The molecule has 1 aliphatic carbocycles. The van der Waals surface area contributed by atoms with Crippen LogP contribution in [-0.4, -0.2) is 107 Å². The second-order valence-electron chi connectivity index (χ2n) is 15.0. The zero-order chi connectivity index (χ0) is 39.4. The van der Waals surface area contributed by atoms with Crippen molar-refractivity contribution < 1.29 is 47.0 Å². The Hall–Kier alpha value is -4.68. The number of hydrogen-bond acceptors (Lipinski definition) is 11. The van der Waals surface area contributed by atoms with Crippen molar-refractivity contribution in [1.82, 2.24) is 25.3 Å². The molecule has 2 saturated heterocycles. The normalized spacial score (nSPS) is 21.2. The molecule has 1 saturated carbocycles. The number of carbonyl (C=O) groups excluding carboxylic acids is 6. The summed E-state index contributed by atoms with van der Waals surface area (Å²) in [6.45, 7) is 3.31. The highest BCUT2D eigenvalue weighted by Crippen LogP contribution is 2.34. The van der Waals surface area contributed by atoms with Crippen molar-refractivity contribution in [3.8, 4) is 0 Å². The van der Waals surface area contributed by atoms with E-state index in [0.29, 0.717) is 5.69 Å². The van der Waals surface area contributed by atoms with E-state index in [9.17, 15) is 42.3 Å². The molecule has 0 unspecified atom stereocenters. The highest BCUT2D eigenvalue weighted by Gasteiger charge is 2.49. The Labute approximate surface area is 313 Å². The van der Waals surface area contributed by atoms with Gasteiger partial charge in [0.25, 0.3) is 11.8 Å². The van der Waals surface area contributed by atoms with Gasteiger partial charge in [0.15, 0.2) is 9.84 Å². The zero-order valence-corrected chi connectivity index (χ0v) is 31.3. The fraction of sp³-hybridized carbons (Fsp3) is 0.583. The average Bonchev–Trinajstić information content (AvgIpc) is 3.80. The molecule has 5 rings (SSSR count). The van der Waals surface area contributed by atoms with Gasteiger partial charge in [-0.25, -0.2) is 8.42 Å². The summed E-state index contributed by atoms with van der Waals surface area (Å²) in [5.41, 5.74) is 8.02. The number of aromatic nitrogens is 2. The van der Waals surface area contributed by atoms with Gasteiger partial charge < -0.3 is 36.8 Å². The summed E-state index contributed by atoms with van der Waals surface area (Å²) in [6.07, 6.45) is 6.42. The molecular formula is C36H49N7O10S. The van der Waals surface area contributed by atoms with Crippen molar-refractivity contribution in [2.45, 2.75) is 106 Å². The molecule has 0 bridgehead atoms. The molecule has 7 N–H and O–H groups in total. The molecule has 3 aliphatic rings. The van der Waals surface area contributed by atoms with Crippen molar-refractivity contribution in [3.63, 3.8) is 0 Å². The van der Waals surface area contributed by atoms with Gasteiger partial charge in [-0.1, -0.05) is 32.1 Å². The number of nitrogens with zero attached hydrogens (tertiary/aromatic N) is 3. The number of carbonyl (C=O) groups is 6. The van der Waals surface area contributed by atoms with Gasteiger partial charge in [0.1, 0.15) is 29.0 Å². The maximum Gasteiger partial charge on any atom is 0.287 e. The van der Waals surface area contributed by atoms with Gasteiger partial charge in [0.2, 0.25) is 23.5 Å². The quantitative estimate of drug-likeness (QED) is 0.160. The number of aliphatic hydroxyl groups is 1. The number of likely N-dealkylation sites (tertiary alicyclic amines) is 1. The molecule has 2 aromatic rings. The number of benzene rings is 1. The minimum atomic E-state index is -4.03. The van der Waals surface area contributed by atoms with E-state index in [1.54, 1.807) is 24.6 Å². The fourth-order valence-electron chi connectivity index (χ4n) is 7.76. The zero-order valence-electron chi connectivity index (χ0n) is 30.5. The molecule has 1 aromatic carbocycles. The van der Waals surface area contributed by atoms with Crippen LogP contribution >= 0.6 is 0 Å². The summed E-state index contributed by atoms with van der Waals surface area (Å²) in [4.78, 5) is 80.4. The van der Waals surface area contributed by atoms with Crippen molar-refractivity contribution in [2.75, 3.05) is 25.5 Å². The molecule has 0 radical (unpaired) electrons. The first-order chi connectivity index (χ1) is 25.4. The summed E-state index contributed by atoms with van der Waals surface area (Å²) < 4.78 is 32.0. The molecule has 0 spiro atoms. The third-order valence-electron chi connectivity index (χ3n) is 10.6. The highest BCUT2D eigenvalue weighted by atomic mass is 32.2. The number of nitrogens with one attached hydrogen (secondary N) is 2. The number of rotatable bonds is 14. The van der Waals surface area contributed by atoms with Crippen LogP contribution in [0.4, 0.5) is 0 Å². The van der Waals surface area contributed by atoms with Gasteiger partial charge in [-0.05, 0) is 56.5 Å². The van der Waals surface area contributed by atoms with Crippen LogP contribution in [0.1, 0.15) is 93.7 Å². The smallest absolute Gasteiger partial charge is 0.287 e. The Morgan fingerprint density at radius 1 is 1.02 bits per heavy atom. The maximum absolute atomic E-state index is 14.8. The first-order valence-electron chi connectivity index (χ1n) is 18.1. The van der Waals surface area contributed by atoms with E-state index in [-0.39, 0.29) is 61.8 Å². The molecule has 5 amide bonds. The van der Waals surface area contributed by atoms with Gasteiger partial charge >= 0.3 is 0 Å². The maximum atomic E-state index is 14.8. The third kappa shape index (κ3) is 9.15. The van der Waals surface area contributed by atoms with Gasteiger partial charge in [-0.2, -0.15) is 5.10 Å². The van der Waals surface area contributed by atoms with E-state index >= 15 is 0 Å². The van der Waals surface area contributed by atoms with Crippen LogP contribution in [0.3, 0.4) is 0 Å². The van der Waals surface area contributed by atoms with Crippen LogP contribution in [0.15, 0.2) is 41.4 Å². The number of ether oxygens (including phenoxy) is 1. The van der Waals surface area contributed by atoms with Crippen LogP contribution in [0.5, 0.6) is 0 Å². The number of primary amides is 2. The third-order valence-corrected chi connectivity index (χ3v) is 12.2. The van der Waals surface area contributed by atoms with Gasteiger partial charge in [0.05, 0.1) is 16.6 Å². The Morgan fingerprint density at radius 3 is 2.26 bits per heavy atom. The van der Waals surface area contributed by atoms with Crippen molar-refractivity contribution in [2.24, 2.45) is 17.4 Å². The molecule has 3 heterocycles. The Morgan fingerprint density at radius 2 is 1.67 bits per heavy atom. The lowest BCUT2D eigenvalue weighted by atomic mass is 9.84. The molecule has 2 aliphatic heterocycles. The topological polar surface area (TPSA) is 263 Å². The predicted octanol–water partition coefficient (Wildman–Crippen LogP) is 0.000300. The Bertz CT molecular complexity index is 1860. The summed E-state index contributed by atoms with van der Waals surface area (Å²) >= 11 is 0. The van der Waals surface area contributed by atoms with E-state index in [1.807, 2.05) is 0 Å². The molecule has 17 nitrogen and oxygen atoms in total. The molecule has 3 fully saturated rings. The van der Waals surface area contributed by atoms with Gasteiger partial charge in [0, 0.05) is 50.8 Å².